The number of halogens is 3. The highest BCUT2D eigenvalue weighted by Gasteiger charge is 2.38. The first-order chi connectivity index (χ1) is 13.9. The Bertz CT molecular complexity index is 1060. The van der Waals surface area contributed by atoms with Crippen molar-refractivity contribution in [1.29, 1.82) is 0 Å². The van der Waals surface area contributed by atoms with Crippen molar-refractivity contribution in [2.24, 2.45) is 5.92 Å². The van der Waals surface area contributed by atoms with E-state index in [9.17, 15) is 18.0 Å². The van der Waals surface area contributed by atoms with Crippen molar-refractivity contribution < 1.29 is 23.1 Å². The van der Waals surface area contributed by atoms with Crippen LogP contribution in [0.4, 0.5) is 13.2 Å². The lowest BCUT2D eigenvalue weighted by Gasteiger charge is -2.35. The molecule has 1 saturated carbocycles. The van der Waals surface area contributed by atoms with Crippen molar-refractivity contribution >= 4 is 16.8 Å². The molecule has 1 aliphatic carbocycles. The molecule has 3 N–H and O–H groups in total. The zero-order valence-electron chi connectivity index (χ0n) is 15.8. The minimum atomic E-state index is -0.694. The molecular formula is C22H21F3N2O2. The van der Waals surface area contributed by atoms with Crippen LogP contribution in [0.2, 0.25) is 0 Å². The minimum absolute atomic E-state index is 0.0646. The quantitative estimate of drug-likeness (QED) is 0.598. The van der Waals surface area contributed by atoms with Gasteiger partial charge < -0.3 is 15.4 Å². The molecule has 152 valence electrons. The third-order valence-corrected chi connectivity index (χ3v) is 5.58. The number of aliphatic hydroxyl groups is 1. The summed E-state index contributed by atoms with van der Waals surface area (Å²) in [5, 5.41) is 12.3. The zero-order chi connectivity index (χ0) is 20.7. The molecule has 7 heteroatoms. The van der Waals surface area contributed by atoms with Crippen LogP contribution in [0.15, 0.2) is 36.4 Å². The Kier molecular flexibility index (Phi) is 5.08. The fourth-order valence-electron chi connectivity index (χ4n) is 3.98. The van der Waals surface area contributed by atoms with E-state index in [4.69, 9.17) is 5.11 Å². The topological polar surface area (TPSA) is 65.1 Å². The Morgan fingerprint density at radius 3 is 2.52 bits per heavy atom. The molecular weight excluding hydrogens is 381 g/mol. The number of hydrogen-bond acceptors (Lipinski definition) is 2. The Balaban J connectivity index is 1.71. The Labute approximate surface area is 165 Å². The molecule has 4 nitrogen and oxygen atoms in total. The van der Waals surface area contributed by atoms with Crippen molar-refractivity contribution in [2.75, 3.05) is 6.61 Å². The SMILES string of the molecule is C[C@H](CO)NC(=O)C1CC(c2c(-c3ccc(F)cc3)[nH]c3c(F)cc(F)cc23)C1. The maximum absolute atomic E-state index is 14.4. The first-order valence-corrected chi connectivity index (χ1v) is 9.55. The second-order valence-electron chi connectivity index (χ2n) is 7.69. The lowest BCUT2D eigenvalue weighted by molar-refractivity contribution is -0.128. The smallest absolute Gasteiger partial charge is 0.223 e. The van der Waals surface area contributed by atoms with E-state index in [1.54, 1.807) is 19.1 Å². The summed E-state index contributed by atoms with van der Waals surface area (Å²) in [7, 11) is 0. The first kappa shape index (κ1) is 19.5. The van der Waals surface area contributed by atoms with Gasteiger partial charge in [-0.2, -0.15) is 0 Å². The molecule has 29 heavy (non-hydrogen) atoms. The van der Waals surface area contributed by atoms with Gasteiger partial charge >= 0.3 is 0 Å². The predicted molar refractivity (Wildman–Crippen MR) is 104 cm³/mol. The molecule has 0 spiro atoms. The van der Waals surface area contributed by atoms with E-state index in [0.29, 0.717) is 29.5 Å². The van der Waals surface area contributed by atoms with Crippen molar-refractivity contribution in [3.63, 3.8) is 0 Å². The Morgan fingerprint density at radius 2 is 1.86 bits per heavy atom. The lowest BCUT2D eigenvalue weighted by Crippen LogP contribution is -2.43. The molecule has 3 aromatic rings. The van der Waals surface area contributed by atoms with Crippen molar-refractivity contribution in [3.8, 4) is 11.3 Å². The van der Waals surface area contributed by atoms with Crippen LogP contribution in [0.3, 0.4) is 0 Å². The zero-order valence-corrected chi connectivity index (χ0v) is 15.8. The number of aromatic nitrogens is 1. The average molecular weight is 402 g/mol. The molecule has 1 atom stereocenters. The van der Waals surface area contributed by atoms with Crippen molar-refractivity contribution in [2.45, 2.75) is 31.7 Å². The second kappa shape index (κ2) is 7.55. The van der Waals surface area contributed by atoms with E-state index in [0.717, 1.165) is 11.6 Å². The molecule has 1 heterocycles. The summed E-state index contributed by atoms with van der Waals surface area (Å²) in [6.07, 6.45) is 1.06. The standard InChI is InChI=1S/C22H21F3N2O2/c1-11(10-28)26-22(29)14-6-13(7-14)19-17-8-16(24)9-18(25)21(17)27-20(19)12-2-4-15(23)5-3-12/h2-5,8-9,11,13-14,27-28H,6-7,10H2,1H3,(H,26,29)/t11-,13?,14?/m1/s1. The number of aliphatic hydroxyl groups excluding tert-OH is 1. The number of carbonyl (C=O) groups is 1. The van der Waals surface area contributed by atoms with Crippen LogP contribution in [-0.4, -0.2) is 28.6 Å². The number of hydrogen-bond donors (Lipinski definition) is 3. The monoisotopic (exact) mass is 402 g/mol. The summed E-state index contributed by atoms with van der Waals surface area (Å²) in [6.45, 7) is 1.57. The van der Waals surface area contributed by atoms with E-state index in [2.05, 4.69) is 10.3 Å². The van der Waals surface area contributed by atoms with Gasteiger partial charge in [0, 0.05) is 23.4 Å². The van der Waals surface area contributed by atoms with Gasteiger partial charge in [0.05, 0.1) is 17.8 Å². The molecule has 4 rings (SSSR count). The summed E-state index contributed by atoms with van der Waals surface area (Å²) in [4.78, 5) is 15.3. The average Bonchev–Trinajstić information content (AvgIpc) is 3.00. The number of amides is 1. The fourth-order valence-corrected chi connectivity index (χ4v) is 3.98. The first-order valence-electron chi connectivity index (χ1n) is 9.55. The molecule has 1 amide bonds. The molecule has 0 radical (unpaired) electrons. The lowest BCUT2D eigenvalue weighted by atomic mass is 9.69. The molecule has 1 fully saturated rings. The number of carbonyl (C=O) groups excluding carboxylic acids is 1. The maximum atomic E-state index is 14.4. The number of benzene rings is 2. The van der Waals surface area contributed by atoms with Crippen LogP contribution in [0.1, 0.15) is 31.2 Å². The highest BCUT2D eigenvalue weighted by Crippen LogP contribution is 2.48. The van der Waals surface area contributed by atoms with E-state index in [-0.39, 0.29) is 41.7 Å². The predicted octanol–water partition coefficient (Wildman–Crippen LogP) is 4.24. The van der Waals surface area contributed by atoms with Gasteiger partial charge in [-0.1, -0.05) is 0 Å². The fraction of sp³-hybridized carbons (Fsp3) is 0.318. The number of nitrogens with one attached hydrogen (secondary N) is 2. The number of aromatic amines is 1. The van der Waals surface area contributed by atoms with E-state index >= 15 is 0 Å². The van der Waals surface area contributed by atoms with Crippen molar-refractivity contribution in [1.82, 2.24) is 10.3 Å². The van der Waals surface area contributed by atoms with Crippen LogP contribution >= 0.6 is 0 Å². The van der Waals surface area contributed by atoms with Gasteiger partial charge in [0.2, 0.25) is 5.91 Å². The van der Waals surface area contributed by atoms with E-state index in [1.165, 1.54) is 18.2 Å². The molecule has 2 aromatic carbocycles. The van der Waals surface area contributed by atoms with Gasteiger partial charge in [-0.15, -0.1) is 0 Å². The molecule has 0 unspecified atom stereocenters. The van der Waals surface area contributed by atoms with Crippen LogP contribution in [-0.2, 0) is 4.79 Å². The van der Waals surface area contributed by atoms with Crippen LogP contribution in [0.25, 0.3) is 22.2 Å². The van der Waals surface area contributed by atoms with Crippen LogP contribution in [0.5, 0.6) is 0 Å². The molecule has 0 aliphatic heterocycles. The Hall–Kier alpha value is -2.80. The molecule has 0 bridgehead atoms. The summed E-state index contributed by atoms with van der Waals surface area (Å²) >= 11 is 0. The van der Waals surface area contributed by atoms with Gasteiger partial charge in [0.25, 0.3) is 0 Å². The number of rotatable bonds is 5. The summed E-state index contributed by atoms with van der Waals surface area (Å²) in [6, 6.07) is 7.59. The molecule has 0 saturated heterocycles. The summed E-state index contributed by atoms with van der Waals surface area (Å²) in [5.74, 6) is -2.18. The second-order valence-corrected chi connectivity index (χ2v) is 7.69. The van der Waals surface area contributed by atoms with E-state index in [1.807, 2.05) is 0 Å². The largest absolute Gasteiger partial charge is 0.394 e. The third-order valence-electron chi connectivity index (χ3n) is 5.58. The van der Waals surface area contributed by atoms with Gasteiger partial charge in [-0.05, 0) is 67.1 Å². The Morgan fingerprint density at radius 1 is 1.17 bits per heavy atom. The summed E-state index contributed by atoms with van der Waals surface area (Å²) in [5.41, 5.74) is 2.21. The highest BCUT2D eigenvalue weighted by atomic mass is 19.1. The van der Waals surface area contributed by atoms with Crippen LogP contribution in [0, 0.1) is 23.4 Å². The number of H-pyrrole nitrogens is 1. The molecule has 1 aromatic heterocycles. The third kappa shape index (κ3) is 3.62. The van der Waals surface area contributed by atoms with Gasteiger partial charge in [-0.25, -0.2) is 13.2 Å². The van der Waals surface area contributed by atoms with Gasteiger partial charge in [-0.3, -0.25) is 4.79 Å². The van der Waals surface area contributed by atoms with E-state index < -0.39 is 11.6 Å². The van der Waals surface area contributed by atoms with Crippen LogP contribution < -0.4 is 5.32 Å². The number of fused-ring (bicyclic) bond motifs is 1. The normalized spacial score (nSPS) is 19.8. The van der Waals surface area contributed by atoms with Gasteiger partial charge in [0.15, 0.2) is 0 Å². The highest BCUT2D eigenvalue weighted by molar-refractivity contribution is 5.92. The van der Waals surface area contributed by atoms with Crippen molar-refractivity contribution in [3.05, 3.63) is 59.4 Å². The van der Waals surface area contributed by atoms with Gasteiger partial charge in [0.1, 0.15) is 17.5 Å². The summed E-state index contributed by atoms with van der Waals surface area (Å²) < 4.78 is 41.6. The maximum Gasteiger partial charge on any atom is 0.223 e. The molecule has 1 aliphatic rings. The minimum Gasteiger partial charge on any atom is -0.394 e.